The van der Waals surface area contributed by atoms with E-state index >= 15 is 0 Å². The number of pyridine rings is 1. The summed E-state index contributed by atoms with van der Waals surface area (Å²) in [6, 6.07) is 5.61. The van der Waals surface area contributed by atoms with Gasteiger partial charge in [0.1, 0.15) is 0 Å². The summed E-state index contributed by atoms with van der Waals surface area (Å²) in [6.07, 6.45) is 3.38. The summed E-state index contributed by atoms with van der Waals surface area (Å²) in [5.74, 6) is 0.984. The lowest BCUT2D eigenvalue weighted by molar-refractivity contribution is -0.129. The van der Waals surface area contributed by atoms with E-state index in [1.165, 1.54) is 0 Å². The number of rotatable bonds is 7. The normalized spacial score (nSPS) is 16.8. The Morgan fingerprint density at radius 3 is 2.78 bits per heavy atom. The molecule has 0 spiro atoms. The Bertz CT molecular complexity index is 689. The van der Waals surface area contributed by atoms with Crippen molar-refractivity contribution in [1.29, 1.82) is 0 Å². The van der Waals surface area contributed by atoms with Crippen LogP contribution in [0.2, 0.25) is 0 Å². The number of carbonyl (C=O) groups is 1. The van der Waals surface area contributed by atoms with Crippen LogP contribution in [0, 0.1) is 6.92 Å². The molecule has 152 valence electrons. The molecule has 0 radical (unpaired) electrons. The third-order valence-electron chi connectivity index (χ3n) is 4.78. The quantitative estimate of drug-likeness (QED) is 0.265. The molecule has 8 heteroatoms. The van der Waals surface area contributed by atoms with Crippen molar-refractivity contribution in [2.75, 3.05) is 26.7 Å². The Morgan fingerprint density at radius 1 is 1.33 bits per heavy atom. The predicted molar refractivity (Wildman–Crippen MR) is 120 cm³/mol. The molecule has 0 aromatic carbocycles. The number of hydrogen-bond acceptors (Lipinski definition) is 3. The molecule has 2 heterocycles. The lowest BCUT2D eigenvalue weighted by Gasteiger charge is -2.18. The van der Waals surface area contributed by atoms with Crippen LogP contribution in [0.15, 0.2) is 28.0 Å². The van der Waals surface area contributed by atoms with E-state index in [0.717, 1.165) is 57.1 Å². The highest BCUT2D eigenvalue weighted by Crippen LogP contribution is 2.10. The molecule has 1 fully saturated rings. The molecule has 7 nitrogen and oxygen atoms in total. The smallest absolute Gasteiger partial charge is 0.250 e. The first-order valence-corrected chi connectivity index (χ1v) is 9.46. The minimum Gasteiger partial charge on any atom is -0.356 e. The number of amides is 1. The average molecular weight is 489 g/mol. The highest BCUT2D eigenvalue weighted by Gasteiger charge is 2.25. The van der Waals surface area contributed by atoms with E-state index in [1.54, 1.807) is 19.2 Å². The van der Waals surface area contributed by atoms with Crippen molar-refractivity contribution in [2.24, 2.45) is 4.99 Å². The Hall–Kier alpha value is -1.58. The first-order chi connectivity index (χ1) is 12.5. The topological polar surface area (TPSA) is 78.7 Å². The van der Waals surface area contributed by atoms with Crippen LogP contribution in [-0.2, 0) is 11.3 Å². The van der Waals surface area contributed by atoms with Gasteiger partial charge in [0.2, 0.25) is 5.91 Å². The number of hydrogen-bond donors (Lipinski definition) is 2. The summed E-state index contributed by atoms with van der Waals surface area (Å²) in [7, 11) is 1.76. The van der Waals surface area contributed by atoms with Crippen LogP contribution in [0.1, 0.15) is 38.3 Å². The molecule has 1 saturated heterocycles. The van der Waals surface area contributed by atoms with Crippen LogP contribution >= 0.6 is 24.0 Å². The lowest BCUT2D eigenvalue weighted by atomic mass is 10.2. The van der Waals surface area contributed by atoms with Gasteiger partial charge in [-0.25, -0.2) is 0 Å². The van der Waals surface area contributed by atoms with Gasteiger partial charge in [0.05, 0.1) is 0 Å². The summed E-state index contributed by atoms with van der Waals surface area (Å²) < 4.78 is 1.81. The number of aromatic nitrogens is 1. The summed E-state index contributed by atoms with van der Waals surface area (Å²) >= 11 is 0. The van der Waals surface area contributed by atoms with Gasteiger partial charge in [-0.15, -0.1) is 24.0 Å². The van der Waals surface area contributed by atoms with Crippen molar-refractivity contribution >= 4 is 35.8 Å². The first-order valence-electron chi connectivity index (χ1n) is 9.46. The summed E-state index contributed by atoms with van der Waals surface area (Å²) in [5.41, 5.74) is 1.05. The second kappa shape index (κ2) is 12.0. The molecule has 1 aromatic heterocycles. The van der Waals surface area contributed by atoms with Gasteiger partial charge in [-0.1, -0.05) is 13.0 Å². The molecule has 27 heavy (non-hydrogen) atoms. The molecule has 2 N–H and O–H groups in total. The van der Waals surface area contributed by atoms with Crippen LogP contribution in [0.25, 0.3) is 0 Å². The van der Waals surface area contributed by atoms with E-state index in [1.807, 2.05) is 29.4 Å². The number of aliphatic imine (C=N–C) groups is 1. The highest BCUT2D eigenvalue weighted by molar-refractivity contribution is 14.0. The Balaban J connectivity index is 0.00000364. The summed E-state index contributed by atoms with van der Waals surface area (Å²) in [4.78, 5) is 29.8. The fourth-order valence-corrected chi connectivity index (χ4v) is 3.23. The van der Waals surface area contributed by atoms with Gasteiger partial charge in [0.25, 0.3) is 5.56 Å². The number of carbonyl (C=O) groups excluding carboxylic acids is 1. The van der Waals surface area contributed by atoms with E-state index in [9.17, 15) is 9.59 Å². The number of nitrogens with zero attached hydrogens (tertiary/aromatic N) is 3. The van der Waals surface area contributed by atoms with Crippen LogP contribution in [0.5, 0.6) is 0 Å². The highest BCUT2D eigenvalue weighted by atomic mass is 127. The number of likely N-dealkylation sites (tertiary alicyclic amines) is 1. The van der Waals surface area contributed by atoms with Gasteiger partial charge >= 0.3 is 0 Å². The molecule has 1 atom stereocenters. The largest absolute Gasteiger partial charge is 0.356 e. The summed E-state index contributed by atoms with van der Waals surface area (Å²) in [5, 5.41) is 6.71. The molecule has 0 bridgehead atoms. The Labute approximate surface area is 178 Å². The second-order valence-electron chi connectivity index (χ2n) is 6.69. The van der Waals surface area contributed by atoms with E-state index < -0.39 is 0 Å². The molecular weight excluding hydrogens is 457 g/mol. The molecule has 1 aromatic rings. The number of unbranched alkanes of at least 4 members (excludes halogenated alkanes) is 1. The molecule has 0 saturated carbocycles. The third kappa shape index (κ3) is 7.15. The predicted octanol–water partition coefficient (Wildman–Crippen LogP) is 1.73. The average Bonchev–Trinajstić information content (AvgIpc) is 3.10. The lowest BCUT2D eigenvalue weighted by Crippen LogP contribution is -2.45. The van der Waals surface area contributed by atoms with Crippen molar-refractivity contribution in [3.05, 3.63) is 34.2 Å². The van der Waals surface area contributed by atoms with E-state index in [2.05, 4.69) is 15.6 Å². The van der Waals surface area contributed by atoms with Crippen LogP contribution in [-0.4, -0.2) is 54.1 Å². The minimum absolute atomic E-state index is 0. The van der Waals surface area contributed by atoms with Crippen LogP contribution in [0.3, 0.4) is 0 Å². The van der Waals surface area contributed by atoms with Crippen molar-refractivity contribution < 1.29 is 4.79 Å². The van der Waals surface area contributed by atoms with Gasteiger partial charge in [0.15, 0.2) is 5.96 Å². The maximum atomic E-state index is 11.8. The standard InChI is InChI=1S/C19H31N5O2.HI/c1-4-17(25)23-13-10-16(14-23)22-19(20-3)21-11-5-6-12-24-15(2)8-7-9-18(24)26;/h7-9,16H,4-6,10-14H2,1-3H3,(H2,20,21,22);1H. The zero-order chi connectivity index (χ0) is 18.9. The van der Waals surface area contributed by atoms with Crippen molar-refractivity contribution in [3.8, 4) is 0 Å². The van der Waals surface area contributed by atoms with Crippen LogP contribution in [0.4, 0.5) is 0 Å². The number of aryl methyl sites for hydroxylation is 1. The van der Waals surface area contributed by atoms with Gasteiger partial charge in [-0.05, 0) is 32.3 Å². The zero-order valence-electron chi connectivity index (χ0n) is 16.5. The van der Waals surface area contributed by atoms with Gasteiger partial charge in [-0.3, -0.25) is 14.6 Å². The van der Waals surface area contributed by atoms with Gasteiger partial charge in [-0.2, -0.15) is 0 Å². The molecule has 1 aliphatic rings. The molecule has 1 unspecified atom stereocenters. The zero-order valence-corrected chi connectivity index (χ0v) is 18.9. The Morgan fingerprint density at radius 2 is 2.11 bits per heavy atom. The van der Waals surface area contributed by atoms with Crippen LogP contribution < -0.4 is 16.2 Å². The maximum Gasteiger partial charge on any atom is 0.250 e. The second-order valence-corrected chi connectivity index (χ2v) is 6.69. The summed E-state index contributed by atoms with van der Waals surface area (Å²) in [6.45, 7) is 6.94. The van der Waals surface area contributed by atoms with Crippen molar-refractivity contribution in [2.45, 2.75) is 52.1 Å². The molecule has 2 rings (SSSR count). The molecule has 1 amide bonds. The Kier molecular flexibility index (Phi) is 10.4. The van der Waals surface area contributed by atoms with E-state index in [0.29, 0.717) is 6.42 Å². The van der Waals surface area contributed by atoms with Crippen molar-refractivity contribution in [3.63, 3.8) is 0 Å². The number of nitrogens with one attached hydrogen (secondary N) is 2. The van der Waals surface area contributed by atoms with E-state index in [-0.39, 0.29) is 41.5 Å². The fraction of sp³-hybridized carbons (Fsp3) is 0.632. The maximum absolute atomic E-state index is 11.8. The van der Waals surface area contributed by atoms with Crippen molar-refractivity contribution in [1.82, 2.24) is 20.1 Å². The first kappa shape index (κ1) is 23.5. The number of guanidine groups is 1. The minimum atomic E-state index is 0. The molecular formula is C19H32IN5O2. The van der Waals surface area contributed by atoms with E-state index in [4.69, 9.17) is 0 Å². The SMILES string of the molecule is CCC(=O)N1CCC(NC(=NC)NCCCCn2c(C)cccc2=O)C1.I. The third-order valence-corrected chi connectivity index (χ3v) is 4.78. The molecule has 1 aliphatic heterocycles. The molecule has 0 aliphatic carbocycles. The number of halogens is 1. The van der Waals surface area contributed by atoms with Gasteiger partial charge in [0, 0.05) is 57.4 Å². The van der Waals surface area contributed by atoms with Gasteiger partial charge < -0.3 is 20.1 Å². The fourth-order valence-electron chi connectivity index (χ4n) is 3.23. The monoisotopic (exact) mass is 489 g/mol.